The van der Waals surface area contributed by atoms with Crippen LogP contribution in [0.5, 0.6) is 0 Å². The third kappa shape index (κ3) is 3.96. The van der Waals surface area contributed by atoms with E-state index in [4.69, 9.17) is 4.98 Å². The normalized spacial score (nSPS) is 13.3. The summed E-state index contributed by atoms with van der Waals surface area (Å²) in [7, 11) is 0. The maximum atomic E-state index is 13.3. The van der Waals surface area contributed by atoms with Gasteiger partial charge >= 0.3 is 0 Å². The molecule has 1 aliphatic carbocycles. The van der Waals surface area contributed by atoms with Crippen LogP contribution in [0.3, 0.4) is 0 Å². The Morgan fingerprint density at radius 1 is 1.30 bits per heavy atom. The Labute approximate surface area is 184 Å². The van der Waals surface area contributed by atoms with Gasteiger partial charge in [0.2, 0.25) is 5.91 Å². The van der Waals surface area contributed by atoms with Gasteiger partial charge in [-0.15, -0.1) is 17.9 Å². The quantitative estimate of drug-likeness (QED) is 0.338. The van der Waals surface area contributed by atoms with Crippen molar-refractivity contribution in [2.24, 2.45) is 0 Å². The summed E-state index contributed by atoms with van der Waals surface area (Å²) in [6.45, 7) is 8.13. The van der Waals surface area contributed by atoms with Crippen molar-refractivity contribution < 1.29 is 4.79 Å². The smallest absolute Gasteiger partial charge is 0.263 e. The molecule has 1 aromatic carbocycles. The Kier molecular flexibility index (Phi) is 6.11. The fourth-order valence-corrected chi connectivity index (χ4v) is 6.05. The van der Waals surface area contributed by atoms with Crippen LogP contribution in [0.25, 0.3) is 10.2 Å². The van der Waals surface area contributed by atoms with Crippen molar-refractivity contribution in [2.45, 2.75) is 51.2 Å². The Morgan fingerprint density at radius 3 is 2.77 bits per heavy atom. The molecule has 1 amide bonds. The van der Waals surface area contributed by atoms with Crippen LogP contribution in [-0.4, -0.2) is 21.2 Å². The number of para-hydroxylation sites is 1. The molecule has 30 heavy (non-hydrogen) atoms. The van der Waals surface area contributed by atoms with Gasteiger partial charge in [-0.25, -0.2) is 4.98 Å². The topological polar surface area (TPSA) is 64.0 Å². The van der Waals surface area contributed by atoms with Crippen LogP contribution in [0.15, 0.2) is 40.8 Å². The lowest BCUT2D eigenvalue weighted by molar-refractivity contribution is -0.113. The number of nitrogens with zero attached hydrogens (tertiary/aromatic N) is 2. The lowest BCUT2D eigenvalue weighted by atomic mass is 9.97. The highest BCUT2D eigenvalue weighted by Gasteiger charge is 2.22. The van der Waals surface area contributed by atoms with Gasteiger partial charge in [-0.3, -0.25) is 14.2 Å². The number of hydrogen-bond acceptors (Lipinski definition) is 5. The number of nitrogens with one attached hydrogen (secondary N) is 1. The van der Waals surface area contributed by atoms with Gasteiger partial charge in [0.05, 0.1) is 11.1 Å². The zero-order chi connectivity index (χ0) is 21.3. The molecule has 0 saturated carbocycles. The van der Waals surface area contributed by atoms with Crippen molar-refractivity contribution >= 4 is 44.9 Å². The van der Waals surface area contributed by atoms with Gasteiger partial charge in [0.15, 0.2) is 5.16 Å². The minimum Gasteiger partial charge on any atom is -0.325 e. The number of aromatic nitrogens is 2. The number of amides is 1. The molecule has 0 saturated heterocycles. The number of thiophene rings is 1. The van der Waals surface area contributed by atoms with E-state index in [1.54, 1.807) is 22.0 Å². The van der Waals surface area contributed by atoms with Crippen LogP contribution in [0.4, 0.5) is 5.69 Å². The molecule has 0 spiro atoms. The zero-order valence-electron chi connectivity index (χ0n) is 17.3. The summed E-state index contributed by atoms with van der Waals surface area (Å²) in [4.78, 5) is 32.7. The first-order valence-electron chi connectivity index (χ1n) is 10.1. The largest absolute Gasteiger partial charge is 0.325 e. The second kappa shape index (κ2) is 8.78. The van der Waals surface area contributed by atoms with E-state index >= 15 is 0 Å². The van der Waals surface area contributed by atoms with Crippen LogP contribution in [0.1, 0.15) is 34.4 Å². The first kappa shape index (κ1) is 20.9. The summed E-state index contributed by atoms with van der Waals surface area (Å²) in [5.41, 5.74) is 4.07. The molecule has 0 atom stereocenters. The summed E-state index contributed by atoms with van der Waals surface area (Å²) < 4.78 is 1.65. The number of fused-ring (bicyclic) bond motifs is 3. The third-order valence-corrected chi connectivity index (χ3v) is 7.59. The highest BCUT2D eigenvalue weighted by Crippen LogP contribution is 2.34. The monoisotopic (exact) mass is 439 g/mol. The molecule has 2 aromatic heterocycles. The Balaban J connectivity index is 1.62. The molecule has 1 aliphatic rings. The SMILES string of the molecule is C=CCn1c(SCC(=O)Nc2c(C)cccc2C)nc2sc3c(c2c1=O)CCCC3. The van der Waals surface area contributed by atoms with E-state index in [-0.39, 0.29) is 17.2 Å². The summed E-state index contributed by atoms with van der Waals surface area (Å²) >= 11 is 2.93. The molecule has 0 bridgehead atoms. The first-order valence-corrected chi connectivity index (χ1v) is 11.9. The number of benzene rings is 1. The van der Waals surface area contributed by atoms with E-state index in [0.29, 0.717) is 11.7 Å². The van der Waals surface area contributed by atoms with Crippen LogP contribution in [0, 0.1) is 13.8 Å². The van der Waals surface area contributed by atoms with Gasteiger partial charge in [-0.05, 0) is 56.2 Å². The van der Waals surface area contributed by atoms with Gasteiger partial charge in [0.1, 0.15) is 4.83 Å². The Morgan fingerprint density at radius 2 is 2.03 bits per heavy atom. The first-order chi connectivity index (χ1) is 14.5. The van der Waals surface area contributed by atoms with E-state index in [2.05, 4.69) is 11.9 Å². The molecular weight excluding hydrogens is 414 g/mol. The molecule has 0 radical (unpaired) electrons. The summed E-state index contributed by atoms with van der Waals surface area (Å²) in [5.74, 6) is 0.0795. The fraction of sp³-hybridized carbons (Fsp3) is 0.348. The average molecular weight is 440 g/mol. The zero-order valence-corrected chi connectivity index (χ0v) is 18.9. The number of hydrogen-bond donors (Lipinski definition) is 1. The average Bonchev–Trinajstić information content (AvgIpc) is 3.10. The number of carbonyl (C=O) groups excluding carboxylic acids is 1. The molecule has 2 heterocycles. The predicted octanol–water partition coefficient (Wildman–Crippen LogP) is 4.87. The summed E-state index contributed by atoms with van der Waals surface area (Å²) in [6, 6.07) is 5.93. The van der Waals surface area contributed by atoms with Crippen molar-refractivity contribution in [3.63, 3.8) is 0 Å². The lowest BCUT2D eigenvalue weighted by Crippen LogP contribution is -2.24. The maximum absolute atomic E-state index is 13.3. The van der Waals surface area contributed by atoms with Crippen molar-refractivity contribution in [3.8, 4) is 0 Å². The van der Waals surface area contributed by atoms with E-state index in [1.165, 1.54) is 28.6 Å². The number of allylic oxidation sites excluding steroid dienone is 1. The van der Waals surface area contributed by atoms with Crippen LogP contribution in [0.2, 0.25) is 0 Å². The van der Waals surface area contributed by atoms with Gasteiger partial charge in [0.25, 0.3) is 5.56 Å². The van der Waals surface area contributed by atoms with Crippen LogP contribution in [-0.2, 0) is 24.2 Å². The van der Waals surface area contributed by atoms with E-state index in [1.807, 2.05) is 32.0 Å². The number of carbonyl (C=O) groups is 1. The molecule has 3 aromatic rings. The van der Waals surface area contributed by atoms with Crippen LogP contribution < -0.4 is 10.9 Å². The highest BCUT2D eigenvalue weighted by atomic mass is 32.2. The number of thioether (sulfide) groups is 1. The maximum Gasteiger partial charge on any atom is 0.263 e. The molecule has 156 valence electrons. The summed E-state index contributed by atoms with van der Waals surface area (Å²) in [6.07, 6.45) is 5.97. The standard InChI is InChI=1S/C23H25N3O2S2/c1-4-12-26-22(28)19-16-10-5-6-11-17(16)30-21(19)25-23(26)29-13-18(27)24-20-14(2)8-7-9-15(20)3/h4,7-9H,1,5-6,10-13H2,2-3H3,(H,24,27). The molecule has 0 unspecified atom stereocenters. The molecule has 5 nitrogen and oxygen atoms in total. The van der Waals surface area contributed by atoms with Gasteiger partial charge in [-0.1, -0.05) is 36.0 Å². The fourth-order valence-electron chi connectivity index (χ4n) is 3.94. The minimum absolute atomic E-state index is 0.0167. The molecule has 4 rings (SSSR count). The second-order valence-corrected chi connectivity index (χ2v) is 9.62. The van der Waals surface area contributed by atoms with Crippen molar-refractivity contribution in [1.82, 2.24) is 9.55 Å². The van der Waals surface area contributed by atoms with Gasteiger partial charge in [0, 0.05) is 17.1 Å². The molecule has 0 fully saturated rings. The van der Waals surface area contributed by atoms with Gasteiger partial charge < -0.3 is 5.32 Å². The van der Waals surface area contributed by atoms with E-state index in [0.717, 1.165) is 46.3 Å². The number of rotatable bonds is 6. The van der Waals surface area contributed by atoms with Crippen molar-refractivity contribution in [1.29, 1.82) is 0 Å². The van der Waals surface area contributed by atoms with Gasteiger partial charge in [-0.2, -0.15) is 0 Å². The van der Waals surface area contributed by atoms with Crippen molar-refractivity contribution in [3.05, 3.63) is 62.8 Å². The molecule has 7 heteroatoms. The van der Waals surface area contributed by atoms with E-state index < -0.39 is 0 Å². The molecule has 0 aliphatic heterocycles. The van der Waals surface area contributed by atoms with E-state index in [9.17, 15) is 9.59 Å². The number of anilines is 1. The second-order valence-electron chi connectivity index (χ2n) is 7.59. The third-order valence-electron chi connectivity index (χ3n) is 5.43. The Bertz CT molecular complexity index is 1170. The minimum atomic E-state index is -0.109. The molecule has 1 N–H and O–H groups in total. The number of aryl methyl sites for hydroxylation is 4. The van der Waals surface area contributed by atoms with Crippen LogP contribution >= 0.6 is 23.1 Å². The molecular formula is C23H25N3O2S2. The summed E-state index contributed by atoms with van der Waals surface area (Å²) in [5, 5.41) is 4.34. The Hall–Kier alpha value is -2.38. The van der Waals surface area contributed by atoms with Crippen molar-refractivity contribution in [2.75, 3.05) is 11.1 Å². The predicted molar refractivity (Wildman–Crippen MR) is 126 cm³/mol. The highest BCUT2D eigenvalue weighted by molar-refractivity contribution is 7.99. The lowest BCUT2D eigenvalue weighted by Gasteiger charge is -2.13.